The van der Waals surface area contributed by atoms with Crippen LogP contribution in [0, 0.1) is 5.92 Å². The predicted octanol–water partition coefficient (Wildman–Crippen LogP) is 1.30. The summed E-state index contributed by atoms with van der Waals surface area (Å²) in [5.74, 6) is 0.100. The van der Waals surface area contributed by atoms with Crippen LogP contribution in [0.25, 0.3) is 0 Å². The first-order valence-corrected chi connectivity index (χ1v) is 6.35. The van der Waals surface area contributed by atoms with Crippen molar-refractivity contribution < 1.29 is 14.3 Å². The number of H-pyrrole nitrogens is 1. The summed E-state index contributed by atoms with van der Waals surface area (Å²) < 4.78 is 5.01. The summed E-state index contributed by atoms with van der Waals surface area (Å²) in [7, 11) is 3.07. The van der Waals surface area contributed by atoms with Crippen molar-refractivity contribution in [2.45, 2.75) is 32.8 Å². The summed E-state index contributed by atoms with van der Waals surface area (Å²) in [6.07, 6.45) is 0.693. The van der Waals surface area contributed by atoms with Crippen molar-refractivity contribution >= 4 is 11.8 Å². The van der Waals surface area contributed by atoms with E-state index in [4.69, 9.17) is 4.74 Å². The molecule has 6 heteroatoms. The van der Waals surface area contributed by atoms with Crippen molar-refractivity contribution in [3.05, 3.63) is 17.2 Å². The second kappa shape index (κ2) is 5.13. The fourth-order valence-electron chi connectivity index (χ4n) is 2.36. The number of hydrogen-bond acceptors (Lipinski definition) is 4. The Morgan fingerprint density at radius 1 is 1.42 bits per heavy atom. The number of hydrogen-bond donors (Lipinski definition) is 1. The first-order chi connectivity index (χ1) is 8.95. The minimum absolute atomic E-state index is 0.168. The molecule has 1 aromatic rings. The number of rotatable bonds is 4. The molecule has 19 heavy (non-hydrogen) atoms. The van der Waals surface area contributed by atoms with Gasteiger partial charge in [0.2, 0.25) is 5.91 Å². The Bertz CT molecular complexity index is 507. The van der Waals surface area contributed by atoms with Crippen molar-refractivity contribution in [2.75, 3.05) is 14.2 Å². The third-order valence-corrected chi connectivity index (χ3v) is 3.25. The molecule has 0 radical (unpaired) electrons. The summed E-state index contributed by atoms with van der Waals surface area (Å²) in [5, 5.41) is 0. The summed E-state index contributed by atoms with van der Waals surface area (Å²) in [6.45, 7) is 4.40. The summed E-state index contributed by atoms with van der Waals surface area (Å²) >= 11 is 0. The van der Waals surface area contributed by atoms with E-state index < -0.39 is 0 Å². The summed E-state index contributed by atoms with van der Waals surface area (Å²) in [6, 6.07) is 0. The van der Waals surface area contributed by atoms with Crippen molar-refractivity contribution in [1.29, 1.82) is 0 Å². The highest BCUT2D eigenvalue weighted by Crippen LogP contribution is 2.32. The molecular formula is C13H19N3O3. The molecule has 104 valence electrons. The molecule has 1 aromatic heterocycles. The van der Waals surface area contributed by atoms with Crippen LogP contribution in [0.3, 0.4) is 0 Å². The molecule has 0 spiro atoms. The molecule has 1 unspecified atom stereocenters. The van der Waals surface area contributed by atoms with Crippen LogP contribution in [0.15, 0.2) is 0 Å². The molecule has 0 bridgehead atoms. The molecule has 0 aromatic carbocycles. The molecule has 2 heterocycles. The summed E-state index contributed by atoms with van der Waals surface area (Å²) in [4.78, 5) is 32.8. The minimum atomic E-state index is -0.349. The molecule has 2 amide bonds. The van der Waals surface area contributed by atoms with Gasteiger partial charge in [0, 0.05) is 14.2 Å². The Morgan fingerprint density at radius 2 is 2.11 bits per heavy atom. The molecule has 2 rings (SSSR count). The highest BCUT2D eigenvalue weighted by molar-refractivity contribution is 6.09. The van der Waals surface area contributed by atoms with Crippen LogP contribution < -0.4 is 0 Å². The Hall–Kier alpha value is -1.69. The van der Waals surface area contributed by atoms with Crippen LogP contribution in [-0.4, -0.2) is 40.8 Å². The number of carbonyl (C=O) groups excluding carboxylic acids is 2. The minimum Gasteiger partial charge on any atom is -0.377 e. The highest BCUT2D eigenvalue weighted by atomic mass is 16.5. The quantitative estimate of drug-likeness (QED) is 0.832. The maximum atomic E-state index is 12.2. The molecule has 0 saturated carbocycles. The van der Waals surface area contributed by atoms with E-state index in [2.05, 4.69) is 23.8 Å². The first-order valence-electron chi connectivity index (χ1n) is 6.35. The van der Waals surface area contributed by atoms with Gasteiger partial charge in [0.05, 0.1) is 11.6 Å². The lowest BCUT2D eigenvalue weighted by molar-refractivity contribution is -0.130. The first kappa shape index (κ1) is 13.7. The average molecular weight is 265 g/mol. The zero-order chi connectivity index (χ0) is 14.2. The number of aromatic amines is 1. The second-order valence-electron chi connectivity index (χ2n) is 5.26. The maximum absolute atomic E-state index is 12.2. The number of imidazole rings is 1. The molecule has 6 nitrogen and oxygen atoms in total. The van der Waals surface area contributed by atoms with E-state index in [1.54, 1.807) is 7.11 Å². The van der Waals surface area contributed by atoms with Gasteiger partial charge in [-0.3, -0.25) is 14.5 Å². The zero-order valence-electron chi connectivity index (χ0n) is 11.7. The van der Waals surface area contributed by atoms with Gasteiger partial charge in [0.25, 0.3) is 5.91 Å². The van der Waals surface area contributed by atoms with E-state index in [0.29, 0.717) is 36.2 Å². The third kappa shape index (κ3) is 2.40. The van der Waals surface area contributed by atoms with E-state index in [9.17, 15) is 9.59 Å². The number of amides is 2. The Kier molecular flexibility index (Phi) is 3.71. The lowest BCUT2D eigenvalue weighted by Gasteiger charge is -2.27. The number of fused-ring (bicyclic) bond motifs is 1. The van der Waals surface area contributed by atoms with Crippen LogP contribution in [-0.2, 0) is 16.1 Å². The number of imide groups is 1. The molecule has 1 aliphatic heterocycles. The lowest BCUT2D eigenvalue weighted by Crippen LogP contribution is -2.42. The van der Waals surface area contributed by atoms with Crippen molar-refractivity contribution in [2.24, 2.45) is 5.92 Å². The largest absolute Gasteiger partial charge is 0.377 e. The van der Waals surface area contributed by atoms with E-state index in [-0.39, 0.29) is 17.7 Å². The standard InChI is InChI=1S/C13H19N3O3/c1-7(2)5-8-10-11(13(18)16(3)12(8)17)15-9(14-10)6-19-4/h7-8H,5-6H2,1-4H3,(H,14,15). The van der Waals surface area contributed by atoms with Crippen molar-refractivity contribution in [3.8, 4) is 0 Å². The number of nitrogens with zero attached hydrogens (tertiary/aromatic N) is 2. The van der Waals surface area contributed by atoms with Gasteiger partial charge in [-0.25, -0.2) is 4.98 Å². The maximum Gasteiger partial charge on any atom is 0.280 e. The predicted molar refractivity (Wildman–Crippen MR) is 68.6 cm³/mol. The average Bonchev–Trinajstić information content (AvgIpc) is 2.76. The highest BCUT2D eigenvalue weighted by Gasteiger charge is 2.39. The fourth-order valence-corrected chi connectivity index (χ4v) is 2.36. The summed E-state index contributed by atoms with van der Waals surface area (Å²) in [5.41, 5.74) is 0.980. The number of carbonyl (C=O) groups is 2. The van der Waals surface area contributed by atoms with E-state index in [1.807, 2.05) is 0 Å². The third-order valence-electron chi connectivity index (χ3n) is 3.25. The molecule has 0 aliphatic carbocycles. The van der Waals surface area contributed by atoms with Gasteiger partial charge in [0.15, 0.2) is 5.69 Å². The Balaban J connectivity index is 2.44. The van der Waals surface area contributed by atoms with E-state index in [1.165, 1.54) is 7.05 Å². The van der Waals surface area contributed by atoms with Crippen LogP contribution in [0.5, 0.6) is 0 Å². The van der Waals surface area contributed by atoms with Gasteiger partial charge in [-0.15, -0.1) is 0 Å². The fraction of sp³-hybridized carbons (Fsp3) is 0.615. The molecule has 0 saturated heterocycles. The number of aromatic nitrogens is 2. The van der Waals surface area contributed by atoms with E-state index >= 15 is 0 Å². The molecule has 1 aliphatic rings. The van der Waals surface area contributed by atoms with Crippen molar-refractivity contribution in [1.82, 2.24) is 14.9 Å². The SMILES string of the molecule is COCc1nc2c([nH]1)C(CC(C)C)C(=O)N(C)C2=O. The number of ether oxygens (including phenoxy) is 1. The van der Waals surface area contributed by atoms with Gasteiger partial charge < -0.3 is 9.72 Å². The van der Waals surface area contributed by atoms with Crippen molar-refractivity contribution in [3.63, 3.8) is 0 Å². The number of methoxy groups -OCH3 is 1. The topological polar surface area (TPSA) is 75.3 Å². The van der Waals surface area contributed by atoms with Gasteiger partial charge in [-0.1, -0.05) is 13.8 Å². The number of nitrogens with one attached hydrogen (secondary N) is 1. The van der Waals surface area contributed by atoms with Crippen LogP contribution >= 0.6 is 0 Å². The Labute approximate surface area is 112 Å². The molecule has 1 atom stereocenters. The number of likely N-dealkylation sites (N-methyl/N-ethyl adjacent to an activating group) is 1. The second-order valence-corrected chi connectivity index (χ2v) is 5.26. The Morgan fingerprint density at radius 3 is 2.68 bits per heavy atom. The lowest BCUT2D eigenvalue weighted by atomic mass is 9.89. The van der Waals surface area contributed by atoms with Gasteiger partial charge >= 0.3 is 0 Å². The molecule has 0 fully saturated rings. The van der Waals surface area contributed by atoms with Gasteiger partial charge in [-0.2, -0.15) is 0 Å². The molecular weight excluding hydrogens is 246 g/mol. The monoisotopic (exact) mass is 265 g/mol. The van der Waals surface area contributed by atoms with Crippen LogP contribution in [0.1, 0.15) is 48.2 Å². The molecule has 1 N–H and O–H groups in total. The smallest absolute Gasteiger partial charge is 0.280 e. The van der Waals surface area contributed by atoms with Crippen LogP contribution in [0.2, 0.25) is 0 Å². The zero-order valence-corrected chi connectivity index (χ0v) is 11.7. The normalized spacial score (nSPS) is 19.2. The van der Waals surface area contributed by atoms with Crippen LogP contribution in [0.4, 0.5) is 0 Å². The van der Waals surface area contributed by atoms with Gasteiger partial charge in [-0.05, 0) is 12.3 Å². The van der Waals surface area contributed by atoms with Gasteiger partial charge in [0.1, 0.15) is 12.4 Å². The van der Waals surface area contributed by atoms with E-state index in [0.717, 1.165) is 4.90 Å².